The van der Waals surface area contributed by atoms with Crippen LogP contribution in [0.25, 0.3) is 11.1 Å². The van der Waals surface area contributed by atoms with Crippen molar-refractivity contribution >= 4 is 34.5 Å². The predicted octanol–water partition coefficient (Wildman–Crippen LogP) is 1.51. The molecule has 1 heterocycles. The summed E-state index contributed by atoms with van der Waals surface area (Å²) < 4.78 is 6.41. The van der Waals surface area contributed by atoms with E-state index in [1.807, 2.05) is 6.26 Å². The Labute approximate surface area is 153 Å². The van der Waals surface area contributed by atoms with Crippen LogP contribution < -0.4 is 11.1 Å². The lowest BCUT2D eigenvalue weighted by atomic mass is 10.2. The van der Waals surface area contributed by atoms with Crippen molar-refractivity contribution in [1.29, 1.82) is 0 Å². The number of non-ortho nitro benzene ring substituents is 1. The predicted molar refractivity (Wildman–Crippen MR) is 98.4 cm³/mol. The fourth-order valence-electron chi connectivity index (χ4n) is 2.63. The number of hydrogen-bond acceptors (Lipinski definition) is 7. The summed E-state index contributed by atoms with van der Waals surface area (Å²) in [6, 6.07) is 3.90. The van der Waals surface area contributed by atoms with Crippen molar-refractivity contribution < 1.29 is 19.2 Å². The lowest BCUT2D eigenvalue weighted by Gasteiger charge is -2.16. The van der Waals surface area contributed by atoms with Crippen LogP contribution in [-0.4, -0.2) is 45.2 Å². The number of benzene rings is 1. The van der Waals surface area contributed by atoms with E-state index in [9.17, 15) is 19.7 Å². The van der Waals surface area contributed by atoms with Crippen LogP contribution >= 0.6 is 11.8 Å². The second-order valence-corrected chi connectivity index (χ2v) is 6.68. The zero-order valence-electron chi connectivity index (χ0n) is 14.3. The smallest absolute Gasteiger partial charge is 0.407 e. The second-order valence-electron chi connectivity index (χ2n) is 5.76. The topological polar surface area (TPSA) is 128 Å². The van der Waals surface area contributed by atoms with Gasteiger partial charge in [0, 0.05) is 37.4 Å². The highest BCUT2D eigenvalue weighted by Gasteiger charge is 2.15. The Hall–Kier alpha value is -2.33. The lowest BCUT2D eigenvalue weighted by molar-refractivity contribution is -0.384. The monoisotopic (exact) mass is 383 g/mol. The molecule has 0 aliphatic rings. The number of amides is 1. The molecule has 1 aromatic carbocycles. The zero-order valence-corrected chi connectivity index (χ0v) is 15.2. The molecule has 1 amide bonds. The number of nitrogens with one attached hydrogen (secondary N) is 1. The third-order valence-electron chi connectivity index (χ3n) is 3.86. The number of oxazole rings is 1. The van der Waals surface area contributed by atoms with Gasteiger partial charge in [-0.15, -0.1) is 0 Å². The van der Waals surface area contributed by atoms with Gasteiger partial charge in [0.25, 0.3) is 5.69 Å². The van der Waals surface area contributed by atoms with Gasteiger partial charge in [0.1, 0.15) is 0 Å². The first-order valence-electron chi connectivity index (χ1n) is 8.13. The average molecular weight is 383 g/mol. The van der Waals surface area contributed by atoms with E-state index < -0.39 is 10.7 Å². The molecular weight excluding hydrogens is 362 g/mol. The maximum atomic E-state index is 12.0. The molecule has 0 fully saturated rings. The van der Waals surface area contributed by atoms with E-state index in [0.717, 1.165) is 5.75 Å². The Morgan fingerprint density at radius 3 is 2.92 bits per heavy atom. The van der Waals surface area contributed by atoms with Gasteiger partial charge in [-0.3, -0.25) is 19.5 Å². The number of carbonyl (C=O) groups excluding carboxylic acids is 1. The molecule has 9 nitrogen and oxygen atoms in total. The maximum absolute atomic E-state index is 12.0. The van der Waals surface area contributed by atoms with E-state index in [-0.39, 0.29) is 42.8 Å². The zero-order chi connectivity index (χ0) is 19.1. The number of rotatable bonds is 10. The molecule has 10 heteroatoms. The van der Waals surface area contributed by atoms with Crippen molar-refractivity contribution in [3.63, 3.8) is 0 Å². The van der Waals surface area contributed by atoms with Crippen LogP contribution in [0.2, 0.25) is 0 Å². The normalized spacial score (nSPS) is 12.2. The number of nitrogens with zero attached hydrogens (tertiary/aromatic N) is 2. The summed E-state index contributed by atoms with van der Waals surface area (Å²) in [5, 5.41) is 22.7. The van der Waals surface area contributed by atoms with Gasteiger partial charge in [0.2, 0.25) is 5.91 Å². The number of aromatic nitrogens is 1. The van der Waals surface area contributed by atoms with Crippen LogP contribution in [0.4, 0.5) is 5.69 Å². The Morgan fingerprint density at radius 2 is 2.27 bits per heavy atom. The summed E-state index contributed by atoms with van der Waals surface area (Å²) in [5.74, 6) is -0.0351. The van der Waals surface area contributed by atoms with Crippen LogP contribution in [0.3, 0.4) is 0 Å². The molecule has 2 rings (SSSR count). The van der Waals surface area contributed by atoms with Crippen LogP contribution in [0.1, 0.15) is 19.3 Å². The highest BCUT2D eigenvalue weighted by atomic mass is 32.2. The van der Waals surface area contributed by atoms with Crippen molar-refractivity contribution in [3.8, 4) is 0 Å². The minimum Gasteiger partial charge on any atom is -0.407 e. The Balaban J connectivity index is 1.97. The molecule has 2 N–H and O–H groups in total. The first kappa shape index (κ1) is 20.0. The molecule has 0 saturated carbocycles. The van der Waals surface area contributed by atoms with Gasteiger partial charge >= 0.3 is 5.76 Å². The summed E-state index contributed by atoms with van der Waals surface area (Å²) in [6.07, 6.45) is 3.07. The Morgan fingerprint density at radius 1 is 1.50 bits per heavy atom. The van der Waals surface area contributed by atoms with Crippen molar-refractivity contribution in [2.45, 2.75) is 31.8 Å². The number of hydrogen-bond donors (Lipinski definition) is 2. The van der Waals surface area contributed by atoms with Gasteiger partial charge in [-0.2, -0.15) is 11.8 Å². The first-order chi connectivity index (χ1) is 12.5. The van der Waals surface area contributed by atoms with Crippen LogP contribution in [0, 0.1) is 10.1 Å². The number of nitro groups is 1. The summed E-state index contributed by atoms with van der Waals surface area (Å²) in [6.45, 7) is 0.276. The summed E-state index contributed by atoms with van der Waals surface area (Å²) in [5.41, 5.74) is 0.458. The van der Waals surface area contributed by atoms with Gasteiger partial charge < -0.3 is 14.8 Å². The standard InChI is InChI=1S/C16H21N3O6S/c1-26-10-11(6-8-20)17-15(21)3-2-7-18-13-5-4-12(19(23)24)9-14(13)25-16(18)22/h4-5,9,11,20H,2-3,6-8,10H2,1H3,(H,17,21)/t11-/m0/s1. The SMILES string of the molecule is CSC[C@H](CCO)NC(=O)CCCn1c(=O)oc2cc([N+](=O)[O-])ccc21. The summed E-state index contributed by atoms with van der Waals surface area (Å²) in [7, 11) is 0. The van der Waals surface area contributed by atoms with E-state index in [1.165, 1.54) is 22.8 Å². The first-order valence-corrected chi connectivity index (χ1v) is 9.52. The van der Waals surface area contributed by atoms with E-state index in [0.29, 0.717) is 18.4 Å². The number of fused-ring (bicyclic) bond motifs is 1. The number of aliphatic hydroxyl groups is 1. The number of thioether (sulfide) groups is 1. The maximum Gasteiger partial charge on any atom is 0.419 e. The quantitative estimate of drug-likeness (QED) is 0.470. The highest BCUT2D eigenvalue weighted by molar-refractivity contribution is 7.98. The number of aryl methyl sites for hydroxylation is 1. The molecule has 142 valence electrons. The molecule has 1 aromatic heterocycles. The fourth-order valence-corrected chi connectivity index (χ4v) is 3.28. The van der Waals surface area contributed by atoms with Crippen molar-refractivity contribution in [2.75, 3.05) is 18.6 Å². The lowest BCUT2D eigenvalue weighted by Crippen LogP contribution is -2.37. The molecule has 0 radical (unpaired) electrons. The summed E-state index contributed by atoms with van der Waals surface area (Å²) >= 11 is 1.59. The van der Waals surface area contributed by atoms with E-state index in [2.05, 4.69) is 5.32 Å². The Bertz CT molecular complexity index is 825. The third kappa shape index (κ3) is 5.09. The number of nitro benzene ring substituents is 1. The van der Waals surface area contributed by atoms with Crippen LogP contribution in [-0.2, 0) is 11.3 Å². The largest absolute Gasteiger partial charge is 0.419 e. The van der Waals surface area contributed by atoms with Gasteiger partial charge in [-0.25, -0.2) is 4.79 Å². The van der Waals surface area contributed by atoms with Crippen LogP contribution in [0.5, 0.6) is 0 Å². The highest BCUT2D eigenvalue weighted by Crippen LogP contribution is 2.20. The molecule has 2 aromatic rings. The fraction of sp³-hybridized carbons (Fsp3) is 0.500. The second kappa shape index (κ2) is 9.39. The van der Waals surface area contributed by atoms with Gasteiger partial charge in [-0.05, 0) is 25.2 Å². The minimum atomic E-state index is -0.610. The average Bonchev–Trinajstić information content (AvgIpc) is 2.90. The molecule has 0 bridgehead atoms. The van der Waals surface area contributed by atoms with Crippen molar-refractivity contribution in [3.05, 3.63) is 38.9 Å². The molecule has 1 atom stereocenters. The van der Waals surface area contributed by atoms with Gasteiger partial charge in [0.15, 0.2) is 5.58 Å². The van der Waals surface area contributed by atoms with E-state index in [4.69, 9.17) is 9.52 Å². The molecule has 0 saturated heterocycles. The molecule has 0 aliphatic carbocycles. The van der Waals surface area contributed by atoms with Crippen molar-refractivity contribution in [2.24, 2.45) is 0 Å². The summed E-state index contributed by atoms with van der Waals surface area (Å²) in [4.78, 5) is 34.2. The van der Waals surface area contributed by atoms with Crippen molar-refractivity contribution in [1.82, 2.24) is 9.88 Å². The van der Waals surface area contributed by atoms with E-state index in [1.54, 1.807) is 11.8 Å². The molecule has 0 aliphatic heterocycles. The van der Waals surface area contributed by atoms with Gasteiger partial charge in [0.05, 0.1) is 16.5 Å². The number of aliphatic hydroxyl groups excluding tert-OH is 1. The Kier molecular flexibility index (Phi) is 7.22. The third-order valence-corrected chi connectivity index (χ3v) is 4.59. The number of carbonyl (C=O) groups is 1. The molecule has 0 unspecified atom stereocenters. The molecule has 0 spiro atoms. The van der Waals surface area contributed by atoms with Crippen LogP contribution in [0.15, 0.2) is 27.4 Å². The van der Waals surface area contributed by atoms with Gasteiger partial charge in [-0.1, -0.05) is 0 Å². The molecular formula is C16H21N3O6S. The molecule has 26 heavy (non-hydrogen) atoms. The minimum absolute atomic E-state index is 0.00798. The van der Waals surface area contributed by atoms with E-state index >= 15 is 0 Å².